The number of halogens is 3. The Bertz CT molecular complexity index is 904. The molecule has 1 amide bonds. The van der Waals surface area contributed by atoms with Crippen molar-refractivity contribution in [3.05, 3.63) is 54.0 Å². The van der Waals surface area contributed by atoms with Crippen molar-refractivity contribution in [2.45, 2.75) is 38.2 Å². The van der Waals surface area contributed by atoms with Gasteiger partial charge in [-0.05, 0) is 56.2 Å². The van der Waals surface area contributed by atoms with Gasteiger partial charge in [-0.3, -0.25) is 9.59 Å². The highest BCUT2D eigenvalue weighted by atomic mass is 19.4. The maximum absolute atomic E-state index is 13.1. The van der Waals surface area contributed by atoms with Crippen molar-refractivity contribution in [1.29, 1.82) is 0 Å². The minimum absolute atomic E-state index is 0.00188. The molecule has 1 aliphatic carbocycles. The van der Waals surface area contributed by atoms with E-state index in [1.807, 2.05) is 0 Å². The summed E-state index contributed by atoms with van der Waals surface area (Å²) >= 11 is 0. The minimum atomic E-state index is -4.87. The standard InChI is InChI=1S/C20H18F3NO6/c1-2-28-19(27)16(17(25)15-4-3-11-29-15)24(13-7-8-13)18(26)12-5-9-14(10-6-12)30-20(21,22)23/h3-6,9-11,13,16H,2,7-8H2,1H3. The van der Waals surface area contributed by atoms with E-state index in [2.05, 4.69) is 4.74 Å². The number of hydrogen-bond acceptors (Lipinski definition) is 6. The zero-order valence-corrected chi connectivity index (χ0v) is 15.8. The number of carbonyl (C=O) groups is 3. The third-order valence-electron chi connectivity index (χ3n) is 4.31. The maximum atomic E-state index is 13.1. The van der Waals surface area contributed by atoms with E-state index in [0.717, 1.165) is 29.2 Å². The van der Waals surface area contributed by atoms with Gasteiger partial charge in [0.05, 0.1) is 12.9 Å². The molecule has 0 spiro atoms. The minimum Gasteiger partial charge on any atom is -0.464 e. The molecule has 0 radical (unpaired) electrons. The van der Waals surface area contributed by atoms with Crippen LogP contribution in [0.4, 0.5) is 13.2 Å². The number of ketones is 1. The average Bonchev–Trinajstić information content (AvgIpc) is 3.36. The molecule has 1 atom stereocenters. The lowest BCUT2D eigenvalue weighted by Crippen LogP contribution is -2.51. The molecule has 0 N–H and O–H groups in total. The summed E-state index contributed by atoms with van der Waals surface area (Å²) < 4.78 is 50.9. The van der Waals surface area contributed by atoms with Crippen molar-refractivity contribution in [2.24, 2.45) is 0 Å². The number of nitrogens with zero attached hydrogens (tertiary/aromatic N) is 1. The van der Waals surface area contributed by atoms with Crippen LogP contribution in [-0.4, -0.2) is 47.6 Å². The Labute approximate surface area is 169 Å². The van der Waals surface area contributed by atoms with E-state index in [-0.39, 0.29) is 24.0 Å². The van der Waals surface area contributed by atoms with Gasteiger partial charge in [-0.2, -0.15) is 0 Å². The number of ether oxygens (including phenoxy) is 2. The highest BCUT2D eigenvalue weighted by Crippen LogP contribution is 2.32. The van der Waals surface area contributed by atoms with Gasteiger partial charge in [0.15, 0.2) is 11.8 Å². The number of carbonyl (C=O) groups excluding carboxylic acids is 3. The topological polar surface area (TPSA) is 86.1 Å². The van der Waals surface area contributed by atoms with Crippen LogP contribution in [0.5, 0.6) is 5.75 Å². The summed E-state index contributed by atoms with van der Waals surface area (Å²) in [4.78, 5) is 39.7. The molecule has 2 aromatic rings. The van der Waals surface area contributed by atoms with Gasteiger partial charge in [-0.1, -0.05) is 0 Å². The van der Waals surface area contributed by atoms with Crippen LogP contribution >= 0.6 is 0 Å². The number of hydrogen-bond donors (Lipinski definition) is 0. The Morgan fingerprint density at radius 2 is 1.83 bits per heavy atom. The number of furan rings is 1. The molecule has 1 unspecified atom stereocenters. The van der Waals surface area contributed by atoms with Crippen LogP contribution in [-0.2, 0) is 9.53 Å². The smallest absolute Gasteiger partial charge is 0.464 e. The number of rotatable bonds is 8. The van der Waals surface area contributed by atoms with Gasteiger partial charge in [0.25, 0.3) is 5.91 Å². The van der Waals surface area contributed by atoms with E-state index in [4.69, 9.17) is 9.15 Å². The van der Waals surface area contributed by atoms with Crippen molar-refractivity contribution in [3.8, 4) is 5.75 Å². The summed E-state index contributed by atoms with van der Waals surface area (Å²) in [7, 11) is 0. The number of benzene rings is 1. The van der Waals surface area contributed by atoms with E-state index >= 15 is 0 Å². The Kier molecular flexibility index (Phi) is 6.14. The fourth-order valence-electron chi connectivity index (χ4n) is 2.92. The molecule has 1 aliphatic rings. The molecule has 1 heterocycles. The van der Waals surface area contributed by atoms with Gasteiger partial charge in [0.2, 0.25) is 5.78 Å². The molecule has 30 heavy (non-hydrogen) atoms. The van der Waals surface area contributed by atoms with Crippen LogP contribution in [0.1, 0.15) is 40.7 Å². The molecule has 160 valence electrons. The van der Waals surface area contributed by atoms with Gasteiger partial charge >= 0.3 is 12.3 Å². The number of esters is 1. The molecule has 0 aliphatic heterocycles. The summed E-state index contributed by atoms with van der Waals surface area (Å²) in [5, 5.41) is 0. The molecule has 1 fully saturated rings. The summed E-state index contributed by atoms with van der Waals surface area (Å²) in [6, 6.07) is 5.14. The lowest BCUT2D eigenvalue weighted by molar-refractivity contribution is -0.274. The first-order chi connectivity index (χ1) is 14.2. The second kappa shape index (κ2) is 8.60. The van der Waals surface area contributed by atoms with Gasteiger partial charge in [0, 0.05) is 11.6 Å². The van der Waals surface area contributed by atoms with Crippen molar-refractivity contribution in [3.63, 3.8) is 0 Å². The molecule has 0 bridgehead atoms. The number of amides is 1. The Morgan fingerprint density at radius 3 is 2.33 bits per heavy atom. The molecule has 1 saturated carbocycles. The predicted molar refractivity (Wildman–Crippen MR) is 95.8 cm³/mol. The first-order valence-corrected chi connectivity index (χ1v) is 9.14. The van der Waals surface area contributed by atoms with Crippen molar-refractivity contribution >= 4 is 17.7 Å². The van der Waals surface area contributed by atoms with Crippen molar-refractivity contribution < 1.29 is 41.4 Å². The zero-order valence-electron chi connectivity index (χ0n) is 15.8. The van der Waals surface area contributed by atoms with Crippen LogP contribution in [0.2, 0.25) is 0 Å². The molecule has 3 rings (SSSR count). The first-order valence-electron chi connectivity index (χ1n) is 9.14. The second-order valence-electron chi connectivity index (χ2n) is 6.51. The SMILES string of the molecule is CCOC(=O)C(C(=O)c1ccco1)N(C(=O)c1ccc(OC(F)(F)F)cc1)C1CC1. The predicted octanol–water partition coefficient (Wildman–Crippen LogP) is 3.60. The molecule has 7 nitrogen and oxygen atoms in total. The molecule has 1 aromatic carbocycles. The van der Waals surface area contributed by atoms with Crippen LogP contribution in [0.25, 0.3) is 0 Å². The van der Waals surface area contributed by atoms with Gasteiger partial charge in [-0.15, -0.1) is 13.2 Å². The second-order valence-corrected chi connectivity index (χ2v) is 6.51. The Morgan fingerprint density at radius 1 is 1.17 bits per heavy atom. The summed E-state index contributed by atoms with van der Waals surface area (Å²) in [5.41, 5.74) is -0.00188. The summed E-state index contributed by atoms with van der Waals surface area (Å²) in [5.74, 6) is -2.94. The molecule has 1 aromatic heterocycles. The lowest BCUT2D eigenvalue weighted by atomic mass is 10.1. The Balaban J connectivity index is 1.90. The Hall–Kier alpha value is -3.30. The first kappa shape index (κ1) is 21.4. The van der Waals surface area contributed by atoms with Gasteiger partial charge < -0.3 is 18.8 Å². The molecular formula is C20H18F3NO6. The van der Waals surface area contributed by atoms with E-state index in [9.17, 15) is 27.6 Å². The van der Waals surface area contributed by atoms with Crippen LogP contribution in [0.3, 0.4) is 0 Å². The van der Waals surface area contributed by atoms with Gasteiger partial charge in [-0.25, -0.2) is 4.79 Å². The van der Waals surface area contributed by atoms with Crippen LogP contribution in [0.15, 0.2) is 47.1 Å². The number of alkyl halides is 3. The monoisotopic (exact) mass is 425 g/mol. The van der Waals surface area contributed by atoms with E-state index in [1.54, 1.807) is 6.92 Å². The molecular weight excluding hydrogens is 407 g/mol. The summed E-state index contributed by atoms with van der Waals surface area (Å²) in [6.45, 7) is 1.56. The zero-order chi connectivity index (χ0) is 21.9. The summed E-state index contributed by atoms with van der Waals surface area (Å²) in [6.07, 6.45) is -2.46. The molecule has 10 heteroatoms. The molecule has 0 saturated heterocycles. The highest BCUT2D eigenvalue weighted by Gasteiger charge is 2.46. The lowest BCUT2D eigenvalue weighted by Gasteiger charge is -2.29. The number of Topliss-reactive ketones (excluding diaryl/α,β-unsaturated/α-hetero) is 1. The van der Waals surface area contributed by atoms with E-state index in [0.29, 0.717) is 12.8 Å². The quantitative estimate of drug-likeness (QED) is 0.365. The van der Waals surface area contributed by atoms with Crippen LogP contribution in [0, 0.1) is 0 Å². The third-order valence-corrected chi connectivity index (χ3v) is 4.31. The maximum Gasteiger partial charge on any atom is 0.573 e. The van der Waals surface area contributed by atoms with Crippen LogP contribution < -0.4 is 4.74 Å². The average molecular weight is 425 g/mol. The normalized spacial score (nSPS) is 14.7. The van der Waals surface area contributed by atoms with Crippen molar-refractivity contribution in [2.75, 3.05) is 6.61 Å². The third kappa shape index (κ3) is 5.00. The van der Waals surface area contributed by atoms with Crippen molar-refractivity contribution in [1.82, 2.24) is 4.90 Å². The highest BCUT2D eigenvalue weighted by molar-refractivity contribution is 6.14. The van der Waals surface area contributed by atoms with E-state index < -0.39 is 35.8 Å². The fraction of sp³-hybridized carbons (Fsp3) is 0.350. The fourth-order valence-corrected chi connectivity index (χ4v) is 2.92. The van der Waals surface area contributed by atoms with E-state index in [1.165, 1.54) is 18.4 Å². The largest absolute Gasteiger partial charge is 0.573 e. The van der Waals surface area contributed by atoms with Gasteiger partial charge in [0.1, 0.15) is 5.75 Å².